The van der Waals surface area contributed by atoms with E-state index in [9.17, 15) is 0 Å². The zero-order valence-electron chi connectivity index (χ0n) is 16.0. The number of nitrogens with one attached hydrogen (secondary N) is 2. The summed E-state index contributed by atoms with van der Waals surface area (Å²) in [5.41, 5.74) is 1.15. The van der Waals surface area contributed by atoms with Gasteiger partial charge in [0.25, 0.3) is 0 Å². The zero-order valence-corrected chi connectivity index (χ0v) is 19.1. The van der Waals surface area contributed by atoms with Gasteiger partial charge in [0.05, 0.1) is 19.3 Å². The molecule has 1 aliphatic rings. The maximum absolute atomic E-state index is 6.09. The molecule has 0 spiro atoms. The van der Waals surface area contributed by atoms with Crippen LogP contribution >= 0.6 is 35.6 Å². The molecule has 0 aromatic heterocycles. The first-order chi connectivity index (χ1) is 12.1. The lowest BCUT2D eigenvalue weighted by Gasteiger charge is -2.28. The first kappa shape index (κ1) is 23.5. The van der Waals surface area contributed by atoms with Crippen LogP contribution in [0.5, 0.6) is 0 Å². The van der Waals surface area contributed by atoms with Crippen molar-refractivity contribution < 1.29 is 4.74 Å². The summed E-state index contributed by atoms with van der Waals surface area (Å²) in [6, 6.07) is 8.08. The summed E-state index contributed by atoms with van der Waals surface area (Å²) in [4.78, 5) is 7.23. The number of ether oxygens (including phenoxy) is 1. The molecule has 1 aromatic carbocycles. The second-order valence-electron chi connectivity index (χ2n) is 6.66. The van der Waals surface area contributed by atoms with E-state index >= 15 is 0 Å². The molecule has 148 valence electrons. The van der Waals surface area contributed by atoms with E-state index in [4.69, 9.17) is 21.3 Å². The predicted molar refractivity (Wildman–Crippen MR) is 121 cm³/mol. The Balaban J connectivity index is 0.00000338. The van der Waals surface area contributed by atoms with Crippen molar-refractivity contribution in [3.8, 4) is 0 Å². The van der Waals surface area contributed by atoms with Gasteiger partial charge < -0.3 is 15.4 Å². The third-order valence-corrected chi connectivity index (χ3v) is 4.52. The highest BCUT2D eigenvalue weighted by Crippen LogP contribution is 2.17. The minimum Gasteiger partial charge on any atom is -0.379 e. The number of halogens is 2. The van der Waals surface area contributed by atoms with Crippen LogP contribution in [0, 0.1) is 5.92 Å². The molecule has 0 bridgehead atoms. The van der Waals surface area contributed by atoms with Crippen LogP contribution in [0.4, 0.5) is 0 Å². The second kappa shape index (κ2) is 12.8. The summed E-state index contributed by atoms with van der Waals surface area (Å²) >= 11 is 6.09. The molecule has 2 rings (SSSR count). The van der Waals surface area contributed by atoms with Crippen LogP contribution in [-0.2, 0) is 4.74 Å². The van der Waals surface area contributed by atoms with E-state index in [0.29, 0.717) is 5.92 Å². The maximum atomic E-state index is 6.09. The van der Waals surface area contributed by atoms with Crippen LogP contribution in [0.3, 0.4) is 0 Å². The zero-order chi connectivity index (χ0) is 18.1. The van der Waals surface area contributed by atoms with Gasteiger partial charge in [0, 0.05) is 37.7 Å². The molecule has 2 unspecified atom stereocenters. The Bertz CT molecular complexity index is 552. The van der Waals surface area contributed by atoms with E-state index in [0.717, 1.165) is 62.5 Å². The van der Waals surface area contributed by atoms with E-state index in [2.05, 4.69) is 42.4 Å². The van der Waals surface area contributed by atoms with Crippen molar-refractivity contribution in [2.45, 2.75) is 26.8 Å². The van der Waals surface area contributed by atoms with Gasteiger partial charge in [0.1, 0.15) is 0 Å². The maximum Gasteiger partial charge on any atom is 0.191 e. The van der Waals surface area contributed by atoms with Crippen LogP contribution in [0.1, 0.15) is 32.4 Å². The van der Waals surface area contributed by atoms with Gasteiger partial charge in [0.2, 0.25) is 0 Å². The topological polar surface area (TPSA) is 48.9 Å². The van der Waals surface area contributed by atoms with Crippen molar-refractivity contribution in [3.05, 3.63) is 34.9 Å². The first-order valence-electron chi connectivity index (χ1n) is 9.19. The number of hydrogen-bond donors (Lipinski definition) is 2. The van der Waals surface area contributed by atoms with Crippen molar-refractivity contribution in [1.29, 1.82) is 0 Å². The Morgan fingerprint density at radius 3 is 2.69 bits per heavy atom. The molecule has 1 fully saturated rings. The SMILES string of the molecule is CCNC(=NCC(C)CN1CCOCC1)NC(C)c1cccc(Cl)c1.I. The average molecular weight is 495 g/mol. The minimum absolute atomic E-state index is 0. The van der Waals surface area contributed by atoms with Gasteiger partial charge in [0.15, 0.2) is 5.96 Å². The van der Waals surface area contributed by atoms with Gasteiger partial charge in [-0.05, 0) is 37.5 Å². The van der Waals surface area contributed by atoms with E-state index in [-0.39, 0.29) is 30.0 Å². The first-order valence-corrected chi connectivity index (χ1v) is 9.56. The summed E-state index contributed by atoms with van der Waals surface area (Å²) in [5.74, 6) is 1.36. The van der Waals surface area contributed by atoms with Crippen molar-refractivity contribution in [2.75, 3.05) is 45.9 Å². The second-order valence-corrected chi connectivity index (χ2v) is 7.10. The normalized spacial score (nSPS) is 17.9. The fourth-order valence-corrected chi connectivity index (χ4v) is 3.11. The monoisotopic (exact) mass is 494 g/mol. The molecule has 0 radical (unpaired) electrons. The Morgan fingerprint density at radius 1 is 1.31 bits per heavy atom. The molecule has 2 N–H and O–H groups in total. The van der Waals surface area contributed by atoms with Gasteiger partial charge in [-0.3, -0.25) is 9.89 Å². The molecule has 1 saturated heterocycles. The number of benzene rings is 1. The molecule has 1 heterocycles. The minimum atomic E-state index is 0. The molecule has 0 saturated carbocycles. The quantitative estimate of drug-likeness (QED) is 0.346. The Morgan fingerprint density at radius 2 is 2.04 bits per heavy atom. The van der Waals surface area contributed by atoms with Crippen molar-refractivity contribution in [3.63, 3.8) is 0 Å². The Labute approximate surface area is 179 Å². The van der Waals surface area contributed by atoms with E-state index < -0.39 is 0 Å². The summed E-state index contributed by atoms with van der Waals surface area (Å²) < 4.78 is 5.41. The Hall–Kier alpha value is -0.570. The molecule has 26 heavy (non-hydrogen) atoms. The molecule has 2 atom stereocenters. The van der Waals surface area contributed by atoms with Gasteiger partial charge in [-0.1, -0.05) is 30.7 Å². The van der Waals surface area contributed by atoms with Crippen molar-refractivity contribution in [1.82, 2.24) is 15.5 Å². The van der Waals surface area contributed by atoms with Crippen LogP contribution in [0.15, 0.2) is 29.3 Å². The highest BCUT2D eigenvalue weighted by Gasteiger charge is 2.14. The number of rotatable bonds is 7. The lowest BCUT2D eigenvalue weighted by molar-refractivity contribution is 0.0323. The fourth-order valence-electron chi connectivity index (χ4n) is 2.91. The van der Waals surface area contributed by atoms with E-state index in [1.807, 2.05) is 18.2 Å². The van der Waals surface area contributed by atoms with Gasteiger partial charge in [-0.2, -0.15) is 0 Å². The lowest BCUT2D eigenvalue weighted by Crippen LogP contribution is -2.41. The molecule has 1 aliphatic heterocycles. The van der Waals surface area contributed by atoms with E-state index in [1.54, 1.807) is 0 Å². The van der Waals surface area contributed by atoms with Crippen LogP contribution in [0.2, 0.25) is 5.02 Å². The molecule has 1 aromatic rings. The summed E-state index contributed by atoms with van der Waals surface area (Å²) in [6.45, 7) is 12.9. The highest BCUT2D eigenvalue weighted by molar-refractivity contribution is 14.0. The van der Waals surface area contributed by atoms with Crippen molar-refractivity contribution in [2.24, 2.45) is 10.9 Å². The molecular weight excluding hydrogens is 463 g/mol. The number of aliphatic imine (C=N–C) groups is 1. The molecule has 7 heteroatoms. The van der Waals surface area contributed by atoms with Crippen molar-refractivity contribution >= 4 is 41.5 Å². The Kier molecular flexibility index (Phi) is 11.5. The third-order valence-electron chi connectivity index (χ3n) is 4.28. The number of morpholine rings is 1. The molecule has 0 aliphatic carbocycles. The van der Waals surface area contributed by atoms with Gasteiger partial charge >= 0.3 is 0 Å². The molecule has 5 nitrogen and oxygen atoms in total. The summed E-state index contributed by atoms with van der Waals surface area (Å²) in [5, 5.41) is 7.55. The van der Waals surface area contributed by atoms with Gasteiger partial charge in [-0.15, -0.1) is 24.0 Å². The summed E-state index contributed by atoms with van der Waals surface area (Å²) in [7, 11) is 0. The average Bonchev–Trinajstić information content (AvgIpc) is 2.60. The van der Waals surface area contributed by atoms with Crippen LogP contribution in [-0.4, -0.2) is 56.8 Å². The third kappa shape index (κ3) is 8.41. The van der Waals surface area contributed by atoms with Crippen LogP contribution in [0.25, 0.3) is 0 Å². The number of hydrogen-bond acceptors (Lipinski definition) is 3. The lowest BCUT2D eigenvalue weighted by atomic mass is 10.1. The summed E-state index contributed by atoms with van der Waals surface area (Å²) in [6.07, 6.45) is 0. The smallest absolute Gasteiger partial charge is 0.191 e. The standard InChI is InChI=1S/C19H31ClN4O.HI/c1-4-21-19(23-16(3)17-6-5-7-18(20)12-17)22-13-15(2)14-24-8-10-25-11-9-24;/h5-7,12,15-16H,4,8-11,13-14H2,1-3H3,(H2,21,22,23);1H. The van der Waals surface area contributed by atoms with Crippen LogP contribution < -0.4 is 10.6 Å². The molecule has 0 amide bonds. The predicted octanol–water partition coefficient (Wildman–Crippen LogP) is 3.54. The van der Waals surface area contributed by atoms with E-state index in [1.165, 1.54) is 0 Å². The number of guanidine groups is 1. The highest BCUT2D eigenvalue weighted by atomic mass is 127. The molecular formula is C19H32ClIN4O. The fraction of sp³-hybridized carbons (Fsp3) is 0.632. The number of nitrogens with zero attached hydrogens (tertiary/aromatic N) is 2. The largest absolute Gasteiger partial charge is 0.379 e. The van der Waals surface area contributed by atoms with Gasteiger partial charge in [-0.25, -0.2) is 0 Å².